The van der Waals surface area contributed by atoms with Gasteiger partial charge in [-0.3, -0.25) is 4.79 Å². The van der Waals surface area contributed by atoms with E-state index in [0.717, 1.165) is 10.9 Å². The molecule has 1 aromatic carbocycles. The van der Waals surface area contributed by atoms with Gasteiger partial charge in [-0.25, -0.2) is 0 Å². The third kappa shape index (κ3) is 1.35. The molecule has 0 radical (unpaired) electrons. The molecule has 2 aromatic rings. The summed E-state index contributed by atoms with van der Waals surface area (Å²) in [5.41, 5.74) is 2.57. The molecule has 0 bridgehead atoms. The first-order valence-corrected chi connectivity index (χ1v) is 4.47. The molecular formula is C12H11NO. The molecule has 0 saturated carbocycles. The van der Waals surface area contributed by atoms with Crippen LogP contribution >= 0.6 is 0 Å². The zero-order valence-electron chi connectivity index (χ0n) is 8.00. The molecule has 0 aliphatic heterocycles. The Kier molecular flexibility index (Phi) is 1.97. The molecule has 14 heavy (non-hydrogen) atoms. The fraction of sp³-hybridized carbons (Fsp3) is 0.0833. The van der Waals surface area contributed by atoms with Gasteiger partial charge >= 0.3 is 0 Å². The number of hydrogen-bond donors (Lipinski definition) is 1. The smallest absolute Gasteiger partial charge is 0.255 e. The Hall–Kier alpha value is -1.83. The van der Waals surface area contributed by atoms with E-state index in [1.54, 1.807) is 6.08 Å². The summed E-state index contributed by atoms with van der Waals surface area (Å²) in [6.45, 7) is 5.63. The Morgan fingerprint density at radius 3 is 2.86 bits per heavy atom. The molecule has 2 heteroatoms. The second-order valence-corrected chi connectivity index (χ2v) is 3.35. The van der Waals surface area contributed by atoms with E-state index in [1.165, 1.54) is 5.56 Å². The number of nitrogens with one attached hydrogen (secondary N) is 1. The molecule has 1 heterocycles. The van der Waals surface area contributed by atoms with Crippen molar-refractivity contribution in [3.05, 3.63) is 52.3 Å². The molecule has 2 nitrogen and oxygen atoms in total. The highest BCUT2D eigenvalue weighted by Crippen LogP contribution is 2.13. The second kappa shape index (κ2) is 3.14. The second-order valence-electron chi connectivity index (χ2n) is 3.35. The van der Waals surface area contributed by atoms with Crippen LogP contribution in [0, 0.1) is 6.92 Å². The van der Waals surface area contributed by atoms with Gasteiger partial charge in [0, 0.05) is 11.1 Å². The molecule has 0 unspecified atom stereocenters. The van der Waals surface area contributed by atoms with Crippen LogP contribution in [0.2, 0.25) is 0 Å². The Bertz CT molecular complexity index is 552. The minimum absolute atomic E-state index is 0.0867. The summed E-state index contributed by atoms with van der Waals surface area (Å²) in [7, 11) is 0. The minimum Gasteiger partial charge on any atom is -0.321 e. The molecule has 70 valence electrons. The van der Waals surface area contributed by atoms with E-state index < -0.39 is 0 Å². The number of benzene rings is 1. The van der Waals surface area contributed by atoms with Crippen molar-refractivity contribution in [1.29, 1.82) is 0 Å². The molecule has 0 spiro atoms. The third-order valence-electron chi connectivity index (χ3n) is 2.25. The number of aryl methyl sites for hydroxylation is 1. The van der Waals surface area contributed by atoms with E-state index in [0.29, 0.717) is 5.56 Å². The number of rotatable bonds is 1. The molecule has 0 aliphatic rings. The van der Waals surface area contributed by atoms with Gasteiger partial charge in [0.1, 0.15) is 0 Å². The van der Waals surface area contributed by atoms with Gasteiger partial charge in [0.15, 0.2) is 0 Å². The summed E-state index contributed by atoms with van der Waals surface area (Å²) in [5, 5.41) is 1.04. The number of aromatic amines is 1. The molecule has 0 atom stereocenters. The van der Waals surface area contributed by atoms with Crippen molar-refractivity contribution in [2.75, 3.05) is 0 Å². The van der Waals surface area contributed by atoms with Gasteiger partial charge in [-0.15, -0.1) is 0 Å². The summed E-state index contributed by atoms with van der Waals surface area (Å²) in [6, 6.07) is 7.79. The maximum atomic E-state index is 11.4. The highest BCUT2D eigenvalue weighted by Gasteiger charge is 1.98. The Balaban J connectivity index is 2.86. The maximum Gasteiger partial charge on any atom is 0.255 e. The number of H-pyrrole nitrogens is 1. The maximum absolute atomic E-state index is 11.4. The zero-order valence-corrected chi connectivity index (χ0v) is 8.00. The zero-order chi connectivity index (χ0) is 10.1. The Labute approximate surface area is 81.9 Å². The molecule has 1 N–H and O–H groups in total. The van der Waals surface area contributed by atoms with Crippen LogP contribution in [0.1, 0.15) is 11.1 Å². The molecule has 0 amide bonds. The van der Waals surface area contributed by atoms with Gasteiger partial charge in [-0.05, 0) is 30.5 Å². The van der Waals surface area contributed by atoms with Crippen molar-refractivity contribution in [2.24, 2.45) is 0 Å². The number of aromatic nitrogens is 1. The average Bonchev–Trinajstić information content (AvgIpc) is 2.17. The van der Waals surface area contributed by atoms with Gasteiger partial charge in [0.25, 0.3) is 5.56 Å². The van der Waals surface area contributed by atoms with Gasteiger partial charge < -0.3 is 4.98 Å². The predicted octanol–water partition coefficient (Wildman–Crippen LogP) is 2.48. The van der Waals surface area contributed by atoms with Crippen LogP contribution in [0.5, 0.6) is 0 Å². The van der Waals surface area contributed by atoms with E-state index in [4.69, 9.17) is 0 Å². The highest BCUT2D eigenvalue weighted by molar-refractivity contribution is 5.81. The summed E-state index contributed by atoms with van der Waals surface area (Å²) in [5.74, 6) is 0. The van der Waals surface area contributed by atoms with Crippen molar-refractivity contribution in [3.8, 4) is 0 Å². The molecule has 0 fully saturated rings. The molecule has 1 aromatic heterocycles. The first-order chi connectivity index (χ1) is 6.70. The monoisotopic (exact) mass is 185 g/mol. The fourth-order valence-corrected chi connectivity index (χ4v) is 1.49. The average molecular weight is 185 g/mol. The summed E-state index contributed by atoms with van der Waals surface area (Å²) < 4.78 is 0. The standard InChI is InChI=1S/C12H11NO/c1-3-9-7-10-6-8(2)4-5-11(10)13-12(9)14/h3-7H,1H2,2H3,(H,13,14). The van der Waals surface area contributed by atoms with Gasteiger partial charge in [0.05, 0.1) is 0 Å². The van der Waals surface area contributed by atoms with Crippen LogP contribution in [0.25, 0.3) is 17.0 Å². The SMILES string of the molecule is C=Cc1cc2cc(C)ccc2[nH]c1=O. The lowest BCUT2D eigenvalue weighted by Gasteiger charge is -2.00. The summed E-state index contributed by atoms with van der Waals surface area (Å²) in [6.07, 6.45) is 1.57. The van der Waals surface area contributed by atoms with Crippen molar-refractivity contribution in [2.45, 2.75) is 6.92 Å². The van der Waals surface area contributed by atoms with E-state index in [1.807, 2.05) is 31.2 Å². The Morgan fingerprint density at radius 1 is 1.36 bits per heavy atom. The third-order valence-corrected chi connectivity index (χ3v) is 2.25. The van der Waals surface area contributed by atoms with Crippen molar-refractivity contribution >= 4 is 17.0 Å². The lowest BCUT2D eigenvalue weighted by atomic mass is 10.1. The van der Waals surface area contributed by atoms with Crippen LogP contribution in [0.3, 0.4) is 0 Å². The number of pyridine rings is 1. The quantitative estimate of drug-likeness (QED) is 0.727. The van der Waals surface area contributed by atoms with Crippen molar-refractivity contribution in [1.82, 2.24) is 4.98 Å². The molecule has 0 aliphatic carbocycles. The number of fused-ring (bicyclic) bond motifs is 1. The lowest BCUT2D eigenvalue weighted by Crippen LogP contribution is -2.08. The van der Waals surface area contributed by atoms with Crippen LogP contribution in [-0.4, -0.2) is 4.98 Å². The predicted molar refractivity (Wildman–Crippen MR) is 59.4 cm³/mol. The minimum atomic E-state index is -0.0867. The Morgan fingerprint density at radius 2 is 2.14 bits per heavy atom. The van der Waals surface area contributed by atoms with E-state index in [2.05, 4.69) is 11.6 Å². The largest absolute Gasteiger partial charge is 0.321 e. The van der Waals surface area contributed by atoms with Gasteiger partial charge in [0.2, 0.25) is 0 Å². The van der Waals surface area contributed by atoms with E-state index in [9.17, 15) is 4.79 Å². The van der Waals surface area contributed by atoms with Crippen LogP contribution < -0.4 is 5.56 Å². The molecule has 2 rings (SSSR count). The van der Waals surface area contributed by atoms with Crippen LogP contribution in [0.15, 0.2) is 35.6 Å². The summed E-state index contributed by atoms with van der Waals surface area (Å²) in [4.78, 5) is 14.2. The fourth-order valence-electron chi connectivity index (χ4n) is 1.49. The lowest BCUT2D eigenvalue weighted by molar-refractivity contribution is 1.29. The molecule has 0 saturated heterocycles. The van der Waals surface area contributed by atoms with Gasteiger partial charge in [-0.1, -0.05) is 24.3 Å². The summed E-state index contributed by atoms with van der Waals surface area (Å²) >= 11 is 0. The normalized spacial score (nSPS) is 10.4. The van der Waals surface area contributed by atoms with E-state index in [-0.39, 0.29) is 5.56 Å². The van der Waals surface area contributed by atoms with Gasteiger partial charge in [-0.2, -0.15) is 0 Å². The first kappa shape index (κ1) is 8.75. The first-order valence-electron chi connectivity index (χ1n) is 4.47. The van der Waals surface area contributed by atoms with Crippen molar-refractivity contribution < 1.29 is 0 Å². The molecular weight excluding hydrogens is 174 g/mol. The van der Waals surface area contributed by atoms with E-state index >= 15 is 0 Å². The number of hydrogen-bond acceptors (Lipinski definition) is 1. The topological polar surface area (TPSA) is 32.9 Å². The highest BCUT2D eigenvalue weighted by atomic mass is 16.1. The van der Waals surface area contributed by atoms with Crippen LogP contribution in [0.4, 0.5) is 0 Å². The van der Waals surface area contributed by atoms with Crippen molar-refractivity contribution in [3.63, 3.8) is 0 Å². The van der Waals surface area contributed by atoms with Crippen LogP contribution in [-0.2, 0) is 0 Å².